The van der Waals surface area contributed by atoms with Gasteiger partial charge in [0.15, 0.2) is 0 Å². The Kier molecular flexibility index (Phi) is 2.26. The van der Waals surface area contributed by atoms with E-state index in [1.807, 2.05) is 60.7 Å². The van der Waals surface area contributed by atoms with Gasteiger partial charge in [-0.1, -0.05) is 48.5 Å². The van der Waals surface area contributed by atoms with Crippen molar-refractivity contribution in [1.82, 2.24) is 0 Å². The molecule has 0 aliphatic carbocycles. The SMILES string of the molecule is O=C1Nc2ccccc2/C1=C\c1ccccc1. The van der Waals surface area contributed by atoms with Gasteiger partial charge in [0.25, 0.3) is 5.91 Å². The highest BCUT2D eigenvalue weighted by Crippen LogP contribution is 2.32. The summed E-state index contributed by atoms with van der Waals surface area (Å²) >= 11 is 0. The molecule has 0 atom stereocenters. The molecule has 0 radical (unpaired) electrons. The van der Waals surface area contributed by atoms with Gasteiger partial charge in [0, 0.05) is 16.8 Å². The molecule has 2 aromatic rings. The number of hydrogen-bond donors (Lipinski definition) is 1. The van der Waals surface area contributed by atoms with E-state index in [4.69, 9.17) is 0 Å². The van der Waals surface area contributed by atoms with Gasteiger partial charge in [-0.25, -0.2) is 0 Å². The van der Waals surface area contributed by atoms with Crippen LogP contribution >= 0.6 is 0 Å². The van der Waals surface area contributed by atoms with Crippen molar-refractivity contribution in [2.24, 2.45) is 0 Å². The second-order valence-corrected chi connectivity index (χ2v) is 3.97. The number of anilines is 1. The van der Waals surface area contributed by atoms with Gasteiger partial charge in [-0.3, -0.25) is 4.79 Å². The van der Waals surface area contributed by atoms with E-state index in [2.05, 4.69) is 5.32 Å². The number of fused-ring (bicyclic) bond motifs is 1. The van der Waals surface area contributed by atoms with Crippen molar-refractivity contribution in [3.8, 4) is 0 Å². The summed E-state index contributed by atoms with van der Waals surface area (Å²) in [5.74, 6) is -0.0324. The Hall–Kier alpha value is -2.35. The summed E-state index contributed by atoms with van der Waals surface area (Å²) in [5.41, 5.74) is 3.63. The topological polar surface area (TPSA) is 29.1 Å². The van der Waals surface area contributed by atoms with Gasteiger partial charge in [0.05, 0.1) is 0 Å². The quantitative estimate of drug-likeness (QED) is 0.736. The van der Waals surface area contributed by atoms with Crippen molar-refractivity contribution in [3.05, 3.63) is 65.7 Å². The summed E-state index contributed by atoms with van der Waals surface area (Å²) in [7, 11) is 0. The lowest BCUT2D eigenvalue weighted by atomic mass is 10.0. The predicted molar refractivity (Wildman–Crippen MR) is 69.4 cm³/mol. The lowest BCUT2D eigenvalue weighted by molar-refractivity contribution is -0.110. The van der Waals surface area contributed by atoms with Crippen LogP contribution in [0.3, 0.4) is 0 Å². The normalized spacial score (nSPS) is 15.8. The number of benzene rings is 2. The van der Waals surface area contributed by atoms with Crippen molar-refractivity contribution in [1.29, 1.82) is 0 Å². The zero-order valence-electron chi connectivity index (χ0n) is 9.18. The van der Waals surface area contributed by atoms with Crippen LogP contribution < -0.4 is 5.32 Å². The fraction of sp³-hybridized carbons (Fsp3) is 0. The first-order valence-corrected chi connectivity index (χ1v) is 5.52. The number of carbonyl (C=O) groups excluding carboxylic acids is 1. The maximum Gasteiger partial charge on any atom is 0.256 e. The first kappa shape index (κ1) is 9.85. The Bertz CT molecular complexity index is 599. The predicted octanol–water partition coefficient (Wildman–Crippen LogP) is 3.18. The summed E-state index contributed by atoms with van der Waals surface area (Å²) in [4.78, 5) is 11.9. The summed E-state index contributed by atoms with van der Waals surface area (Å²) < 4.78 is 0. The molecule has 17 heavy (non-hydrogen) atoms. The number of para-hydroxylation sites is 1. The van der Waals surface area contributed by atoms with Crippen LogP contribution in [0.15, 0.2) is 54.6 Å². The smallest absolute Gasteiger partial charge is 0.256 e. The third-order valence-corrected chi connectivity index (χ3v) is 2.82. The number of nitrogens with one attached hydrogen (secondary N) is 1. The highest BCUT2D eigenvalue weighted by molar-refractivity contribution is 6.34. The molecule has 1 aliphatic heterocycles. The van der Waals surface area contributed by atoms with E-state index in [1.54, 1.807) is 0 Å². The van der Waals surface area contributed by atoms with E-state index in [-0.39, 0.29) is 5.91 Å². The summed E-state index contributed by atoms with van der Waals surface area (Å²) in [5, 5.41) is 2.86. The molecule has 1 N–H and O–H groups in total. The second-order valence-electron chi connectivity index (χ2n) is 3.97. The Labute approximate surface area is 99.6 Å². The first-order chi connectivity index (χ1) is 8.34. The van der Waals surface area contributed by atoms with Crippen LogP contribution in [-0.2, 0) is 4.79 Å². The average Bonchev–Trinajstić information content (AvgIpc) is 2.68. The lowest BCUT2D eigenvalue weighted by Gasteiger charge is -1.97. The van der Waals surface area contributed by atoms with Crippen molar-refractivity contribution in [3.63, 3.8) is 0 Å². The summed E-state index contributed by atoms with van der Waals surface area (Å²) in [6.45, 7) is 0. The molecule has 0 fully saturated rings. The molecule has 1 amide bonds. The van der Waals surface area contributed by atoms with E-state index in [1.165, 1.54) is 0 Å². The van der Waals surface area contributed by atoms with Crippen LogP contribution in [0.25, 0.3) is 11.6 Å². The summed E-state index contributed by atoms with van der Waals surface area (Å²) in [6, 6.07) is 17.6. The third kappa shape index (κ3) is 1.74. The molecule has 0 saturated carbocycles. The molecule has 2 aromatic carbocycles. The number of rotatable bonds is 1. The van der Waals surface area contributed by atoms with Gasteiger partial charge < -0.3 is 5.32 Å². The van der Waals surface area contributed by atoms with Crippen molar-refractivity contribution < 1.29 is 4.79 Å². The third-order valence-electron chi connectivity index (χ3n) is 2.82. The molecule has 0 aromatic heterocycles. The fourth-order valence-electron chi connectivity index (χ4n) is 2.00. The maximum absolute atomic E-state index is 11.9. The molecule has 1 aliphatic rings. The van der Waals surface area contributed by atoms with Crippen LogP contribution in [-0.4, -0.2) is 5.91 Å². The van der Waals surface area contributed by atoms with E-state index in [9.17, 15) is 4.79 Å². The molecule has 0 saturated heterocycles. The average molecular weight is 221 g/mol. The molecule has 0 unspecified atom stereocenters. The van der Waals surface area contributed by atoms with Gasteiger partial charge in [-0.2, -0.15) is 0 Å². The minimum absolute atomic E-state index is 0.0324. The molecule has 82 valence electrons. The fourth-order valence-corrected chi connectivity index (χ4v) is 2.00. The highest BCUT2D eigenvalue weighted by atomic mass is 16.1. The monoisotopic (exact) mass is 221 g/mol. The van der Waals surface area contributed by atoms with Crippen LogP contribution in [0.2, 0.25) is 0 Å². The standard InChI is InChI=1S/C15H11NO/c17-15-13(10-11-6-2-1-3-7-11)12-8-4-5-9-14(12)16-15/h1-10H,(H,16,17)/b13-10+. The lowest BCUT2D eigenvalue weighted by Crippen LogP contribution is -2.03. The summed E-state index contributed by atoms with van der Waals surface area (Å²) in [6.07, 6.45) is 1.92. The van der Waals surface area contributed by atoms with E-state index in [0.29, 0.717) is 0 Å². The van der Waals surface area contributed by atoms with Gasteiger partial charge in [-0.05, 0) is 17.7 Å². The zero-order valence-corrected chi connectivity index (χ0v) is 9.18. The molecule has 3 rings (SSSR count). The van der Waals surface area contributed by atoms with E-state index >= 15 is 0 Å². The number of carbonyl (C=O) groups is 1. The molecule has 2 heteroatoms. The van der Waals surface area contributed by atoms with Crippen molar-refractivity contribution in [2.45, 2.75) is 0 Å². The van der Waals surface area contributed by atoms with E-state index in [0.717, 1.165) is 22.4 Å². The van der Waals surface area contributed by atoms with Crippen molar-refractivity contribution in [2.75, 3.05) is 5.32 Å². The zero-order chi connectivity index (χ0) is 11.7. The van der Waals surface area contributed by atoms with Crippen molar-refractivity contribution >= 4 is 23.2 Å². The first-order valence-electron chi connectivity index (χ1n) is 5.52. The van der Waals surface area contributed by atoms with Crippen LogP contribution in [0.5, 0.6) is 0 Å². The van der Waals surface area contributed by atoms with Gasteiger partial charge in [0.1, 0.15) is 0 Å². The minimum atomic E-state index is -0.0324. The molecule has 0 spiro atoms. The van der Waals surface area contributed by atoms with E-state index < -0.39 is 0 Å². The minimum Gasteiger partial charge on any atom is -0.321 e. The molecule has 1 heterocycles. The van der Waals surface area contributed by atoms with Crippen LogP contribution in [0.1, 0.15) is 11.1 Å². The van der Waals surface area contributed by atoms with Crippen LogP contribution in [0, 0.1) is 0 Å². The van der Waals surface area contributed by atoms with Gasteiger partial charge >= 0.3 is 0 Å². The van der Waals surface area contributed by atoms with Gasteiger partial charge in [0.2, 0.25) is 0 Å². The molecule has 0 bridgehead atoms. The molecular formula is C15H11NO. The Morgan fingerprint density at radius 3 is 2.41 bits per heavy atom. The Morgan fingerprint density at radius 1 is 0.882 bits per heavy atom. The maximum atomic E-state index is 11.9. The highest BCUT2D eigenvalue weighted by Gasteiger charge is 2.22. The molecular weight excluding hydrogens is 210 g/mol. The molecule has 2 nitrogen and oxygen atoms in total. The number of hydrogen-bond acceptors (Lipinski definition) is 1. The Balaban J connectivity index is 2.10. The largest absolute Gasteiger partial charge is 0.321 e. The Morgan fingerprint density at radius 2 is 1.59 bits per heavy atom. The van der Waals surface area contributed by atoms with Gasteiger partial charge in [-0.15, -0.1) is 0 Å². The number of amides is 1. The second kappa shape index (κ2) is 3.91. The van der Waals surface area contributed by atoms with Crippen LogP contribution in [0.4, 0.5) is 5.69 Å².